The predicted octanol–water partition coefficient (Wildman–Crippen LogP) is 7.28. The maximum absolute atomic E-state index is 12.2. The topological polar surface area (TPSA) is 119 Å². The van der Waals surface area contributed by atoms with Crippen molar-refractivity contribution in [2.24, 2.45) is 0 Å². The number of rotatable bonds is 9. The summed E-state index contributed by atoms with van der Waals surface area (Å²) in [6.45, 7) is 10.7. The van der Waals surface area contributed by atoms with Crippen LogP contribution in [0, 0.1) is 0 Å². The maximum atomic E-state index is 12.2. The van der Waals surface area contributed by atoms with Crippen LogP contribution in [0.4, 0.5) is 9.59 Å². The molecule has 2 aromatic rings. The highest BCUT2D eigenvalue weighted by Crippen LogP contribution is 2.25. The smallest absolute Gasteiger partial charge is 0.417 e. The normalized spacial score (nSPS) is 15.7. The van der Waals surface area contributed by atoms with Crippen LogP contribution in [0.25, 0.3) is 0 Å². The summed E-state index contributed by atoms with van der Waals surface area (Å²) >= 11 is 11.8. The first-order valence-corrected chi connectivity index (χ1v) is 18.6. The Hall–Kier alpha value is -3.08. The number of hydrogen-bond donors (Lipinski definition) is 1. The van der Waals surface area contributed by atoms with E-state index in [2.05, 4.69) is 5.32 Å². The van der Waals surface area contributed by atoms with Crippen molar-refractivity contribution in [3.63, 3.8) is 0 Å². The lowest BCUT2D eigenvalue weighted by atomic mass is 10.0. The summed E-state index contributed by atoms with van der Waals surface area (Å²) in [5, 5.41) is 5.39. The standard InChI is InChI=1S/C19H28ClNO4S.C16H20ClNO3/c1-19(2,3)25-18(23)21-16(10-11-17(22)13-26(4,5)24)12-14-6-8-15(20)9-7-14;1-16(2,3)21-15(20)18-13(8-9-14(18)19)10-11-4-6-12(17)7-5-11/h6-9,13,16H,10-12H2,1-5H3,(H,21,23);4-7,13H,8-10H2,1-3H3/t16-;13-/m11/s1. The molecule has 1 N–H and O–H groups in total. The second-order valence-electron chi connectivity index (χ2n) is 13.9. The fourth-order valence-electron chi connectivity index (χ4n) is 4.69. The minimum atomic E-state index is -2.23. The van der Waals surface area contributed by atoms with Crippen LogP contribution >= 0.6 is 23.2 Å². The molecule has 1 fully saturated rings. The summed E-state index contributed by atoms with van der Waals surface area (Å²) in [4.78, 5) is 49.5. The second kappa shape index (κ2) is 17.4. The first-order chi connectivity index (χ1) is 21.6. The number of nitrogens with zero attached hydrogens (tertiary/aromatic N) is 1. The first-order valence-electron chi connectivity index (χ1n) is 15.5. The van der Waals surface area contributed by atoms with E-state index in [1.165, 1.54) is 22.8 Å². The van der Waals surface area contributed by atoms with Gasteiger partial charge in [-0.2, -0.15) is 0 Å². The molecule has 9 nitrogen and oxygen atoms in total. The molecule has 1 heterocycles. The lowest BCUT2D eigenvalue weighted by Gasteiger charge is -2.27. The number of carbonyl (C=O) groups is 4. The fraction of sp³-hybridized carbons (Fsp3) is 0.514. The van der Waals surface area contributed by atoms with Crippen molar-refractivity contribution in [2.45, 2.75) is 103 Å². The van der Waals surface area contributed by atoms with Gasteiger partial charge in [0.2, 0.25) is 5.91 Å². The predicted molar refractivity (Wildman–Crippen MR) is 190 cm³/mol. The minimum absolute atomic E-state index is 0.145. The van der Waals surface area contributed by atoms with E-state index in [1.807, 2.05) is 36.4 Å². The van der Waals surface area contributed by atoms with Gasteiger partial charge in [0.1, 0.15) is 11.2 Å². The van der Waals surface area contributed by atoms with Gasteiger partial charge in [-0.15, -0.1) is 0 Å². The molecule has 0 unspecified atom stereocenters. The van der Waals surface area contributed by atoms with Crippen molar-refractivity contribution in [1.82, 2.24) is 10.2 Å². The van der Waals surface area contributed by atoms with Gasteiger partial charge in [-0.1, -0.05) is 47.5 Å². The van der Waals surface area contributed by atoms with Crippen LogP contribution in [0.15, 0.2) is 48.5 Å². The molecule has 0 radical (unpaired) electrons. The molecule has 1 saturated heterocycles. The van der Waals surface area contributed by atoms with Crippen LogP contribution in [0.3, 0.4) is 0 Å². The van der Waals surface area contributed by atoms with Crippen LogP contribution in [-0.4, -0.2) is 74.2 Å². The van der Waals surface area contributed by atoms with Gasteiger partial charge in [-0.05, 0) is 112 Å². The van der Waals surface area contributed by atoms with Gasteiger partial charge in [0.25, 0.3) is 0 Å². The van der Waals surface area contributed by atoms with E-state index in [4.69, 9.17) is 32.7 Å². The highest BCUT2D eigenvalue weighted by atomic mass is 35.5. The Bertz CT molecular complexity index is 1500. The SMILES string of the molecule is CC(C)(C)OC(=O)N1C(=O)CC[C@@H]1Cc1ccc(Cl)cc1.CC(C)(C)OC(=O)N[C@H](CCC(=O)C=S(C)(C)=O)Cc1ccc(Cl)cc1. The van der Waals surface area contributed by atoms with Crippen LogP contribution in [0.2, 0.25) is 10.0 Å². The van der Waals surface area contributed by atoms with Crippen molar-refractivity contribution in [1.29, 1.82) is 0 Å². The quantitative estimate of drug-likeness (QED) is 0.272. The first kappa shape index (κ1) is 40.1. The molecule has 0 spiro atoms. The number of imide groups is 1. The zero-order valence-corrected chi connectivity index (χ0v) is 30.9. The van der Waals surface area contributed by atoms with Crippen LogP contribution in [0.1, 0.15) is 78.4 Å². The molecule has 1 aliphatic heterocycles. The molecule has 260 valence electrons. The number of halogens is 2. The summed E-state index contributed by atoms with van der Waals surface area (Å²) in [7, 11) is -2.23. The number of Topliss-reactive ketones (excluding diaryl/α,β-unsaturated/α-hetero) is 1. The molecule has 0 saturated carbocycles. The van der Waals surface area contributed by atoms with Crippen molar-refractivity contribution in [2.75, 3.05) is 12.5 Å². The molecule has 0 bridgehead atoms. The largest absolute Gasteiger partial charge is 0.444 e. The lowest BCUT2D eigenvalue weighted by Crippen LogP contribution is -2.43. The van der Waals surface area contributed by atoms with Crippen molar-refractivity contribution in [3.05, 3.63) is 69.7 Å². The molecule has 47 heavy (non-hydrogen) atoms. The van der Waals surface area contributed by atoms with E-state index < -0.39 is 32.9 Å². The van der Waals surface area contributed by atoms with Gasteiger partial charge in [0.05, 0.1) is 0 Å². The number of nitrogens with one attached hydrogen (secondary N) is 1. The van der Waals surface area contributed by atoms with E-state index in [0.717, 1.165) is 11.1 Å². The number of benzene rings is 2. The Morgan fingerprint density at radius 2 is 1.43 bits per heavy atom. The maximum Gasteiger partial charge on any atom is 0.417 e. The molecule has 0 aliphatic carbocycles. The van der Waals surface area contributed by atoms with Gasteiger partial charge < -0.3 is 14.8 Å². The third-order valence-corrected chi connectivity index (χ3v) is 7.91. The van der Waals surface area contributed by atoms with Crippen LogP contribution in [0.5, 0.6) is 0 Å². The van der Waals surface area contributed by atoms with Gasteiger partial charge in [-0.3, -0.25) is 13.8 Å². The highest BCUT2D eigenvalue weighted by molar-refractivity contribution is 8.01. The third-order valence-electron chi connectivity index (χ3n) is 6.57. The number of alkyl carbamates (subject to hydrolysis) is 1. The fourth-order valence-corrected chi connectivity index (χ4v) is 5.69. The van der Waals surface area contributed by atoms with E-state index in [-0.39, 0.29) is 30.2 Å². The summed E-state index contributed by atoms with van der Waals surface area (Å²) in [6.07, 6.45) is 4.81. The van der Waals surface area contributed by atoms with Crippen molar-refractivity contribution in [3.8, 4) is 0 Å². The second-order valence-corrected chi connectivity index (χ2v) is 17.6. The van der Waals surface area contributed by atoms with Gasteiger partial charge >= 0.3 is 12.2 Å². The number of ether oxygens (including phenoxy) is 2. The van der Waals surface area contributed by atoms with Crippen molar-refractivity contribution >= 4 is 62.0 Å². The molecular formula is C35H48Cl2N2O7S. The molecule has 3 rings (SSSR count). The lowest BCUT2D eigenvalue weighted by molar-refractivity contribution is -0.128. The Labute approximate surface area is 289 Å². The molecule has 0 aromatic heterocycles. The van der Waals surface area contributed by atoms with E-state index in [1.54, 1.807) is 53.7 Å². The number of likely N-dealkylation sites (tertiary alicyclic amines) is 1. The number of carbonyl (C=O) groups excluding carboxylic acids is 4. The van der Waals surface area contributed by atoms with Crippen LogP contribution < -0.4 is 5.32 Å². The number of hydrogen-bond acceptors (Lipinski definition) is 7. The minimum Gasteiger partial charge on any atom is -0.444 e. The average molecular weight is 712 g/mol. The van der Waals surface area contributed by atoms with Gasteiger partial charge in [-0.25, -0.2) is 14.5 Å². The Balaban J connectivity index is 0.000000333. The van der Waals surface area contributed by atoms with E-state index in [0.29, 0.717) is 42.1 Å². The van der Waals surface area contributed by atoms with Gasteiger partial charge in [0.15, 0.2) is 5.78 Å². The van der Waals surface area contributed by atoms with Crippen molar-refractivity contribution < 1.29 is 32.9 Å². The zero-order valence-electron chi connectivity index (χ0n) is 28.6. The number of ketones is 1. The zero-order chi connectivity index (χ0) is 35.6. The molecule has 2 aromatic carbocycles. The summed E-state index contributed by atoms with van der Waals surface area (Å²) in [5.41, 5.74) is 0.827. The Morgan fingerprint density at radius 3 is 1.91 bits per heavy atom. The summed E-state index contributed by atoms with van der Waals surface area (Å²) in [5.74, 6) is -0.352. The monoisotopic (exact) mass is 710 g/mol. The third kappa shape index (κ3) is 16.5. The number of amides is 3. The molecule has 1 aliphatic rings. The Morgan fingerprint density at radius 1 is 0.915 bits per heavy atom. The summed E-state index contributed by atoms with van der Waals surface area (Å²) < 4.78 is 22.3. The van der Waals surface area contributed by atoms with Gasteiger partial charge in [0, 0.05) is 52.8 Å². The molecule has 12 heteroatoms. The molecule has 3 amide bonds. The summed E-state index contributed by atoms with van der Waals surface area (Å²) in [6, 6.07) is 14.3. The molecule has 2 atom stereocenters. The molecular weight excluding hydrogens is 663 g/mol. The van der Waals surface area contributed by atoms with Crippen LogP contribution in [-0.2, 0) is 41.4 Å². The van der Waals surface area contributed by atoms with E-state index >= 15 is 0 Å². The van der Waals surface area contributed by atoms with E-state index in [9.17, 15) is 23.4 Å². The average Bonchev–Trinajstić information content (AvgIpc) is 3.27. The Kier molecular flexibility index (Phi) is 14.8. The highest BCUT2D eigenvalue weighted by Gasteiger charge is 2.38.